The Hall–Kier alpha value is -3.64. The first-order valence-electron chi connectivity index (χ1n) is 20.4. The topological polar surface area (TPSA) is 131 Å². The molecule has 0 saturated carbocycles. The Balaban J connectivity index is 1.27. The molecule has 12 atom stereocenters. The summed E-state index contributed by atoms with van der Waals surface area (Å²) in [5.41, 5.74) is 3.89. The van der Waals surface area contributed by atoms with Crippen molar-refractivity contribution in [2.24, 2.45) is 0 Å². The first-order chi connectivity index (χ1) is 29.3. The van der Waals surface area contributed by atoms with Crippen molar-refractivity contribution in [1.29, 1.82) is 0 Å². The first-order valence-corrected chi connectivity index (χ1v) is 20.4. The van der Waals surface area contributed by atoms with E-state index in [0.717, 1.165) is 22.3 Å². The van der Waals surface area contributed by atoms with Gasteiger partial charge in [-0.15, -0.1) is 0 Å². The quantitative estimate of drug-likeness (QED) is 0.120. The normalized spacial score (nSPS) is 33.0. The molecule has 4 aromatic carbocycles. The number of fused-ring (bicyclic) bond motifs is 1. The predicted octanol–water partition coefficient (Wildman–Crippen LogP) is 5.94. The van der Waals surface area contributed by atoms with Gasteiger partial charge in [-0.1, -0.05) is 121 Å². The van der Waals surface area contributed by atoms with Crippen molar-refractivity contribution in [1.82, 2.24) is 0 Å². The minimum absolute atomic E-state index is 0.131. The third-order valence-corrected chi connectivity index (χ3v) is 11.5. The Labute approximate surface area is 352 Å². The van der Waals surface area contributed by atoms with Gasteiger partial charge >= 0.3 is 0 Å². The number of hydrogen-bond acceptors (Lipinski definition) is 13. The van der Waals surface area contributed by atoms with Crippen molar-refractivity contribution in [3.63, 3.8) is 0 Å². The summed E-state index contributed by atoms with van der Waals surface area (Å²) in [6, 6.07) is 39.7. The molecule has 0 aliphatic carbocycles. The van der Waals surface area contributed by atoms with Crippen molar-refractivity contribution in [3.05, 3.63) is 144 Å². The largest absolute Gasteiger partial charge is 0.394 e. The van der Waals surface area contributed by atoms with E-state index in [-0.39, 0.29) is 33.0 Å². The molecule has 4 aromatic rings. The summed E-state index contributed by atoms with van der Waals surface area (Å²) in [5.74, 6) is -2.80. The lowest BCUT2D eigenvalue weighted by molar-refractivity contribution is -0.486. The molecule has 3 heterocycles. The highest BCUT2D eigenvalue weighted by Crippen LogP contribution is 2.45. The molecule has 13 heteroatoms. The number of aliphatic hydroxyl groups excluding tert-OH is 1. The van der Waals surface area contributed by atoms with Gasteiger partial charge in [0.15, 0.2) is 12.6 Å². The predicted molar refractivity (Wildman–Crippen MR) is 218 cm³/mol. The Morgan fingerprint density at radius 3 is 1.40 bits per heavy atom. The smallest absolute Gasteiger partial charge is 0.220 e. The number of ether oxygens (including phenoxy) is 12. The van der Waals surface area contributed by atoms with Crippen LogP contribution in [0.5, 0.6) is 0 Å². The van der Waals surface area contributed by atoms with E-state index in [1.54, 1.807) is 13.8 Å². The van der Waals surface area contributed by atoms with Gasteiger partial charge in [0.05, 0.1) is 39.6 Å². The van der Waals surface area contributed by atoms with E-state index in [4.69, 9.17) is 56.8 Å². The number of hydrogen-bond donors (Lipinski definition) is 1. The Kier molecular flexibility index (Phi) is 15.5. The minimum Gasteiger partial charge on any atom is -0.394 e. The highest BCUT2D eigenvalue weighted by Gasteiger charge is 2.64. The SMILES string of the molecule is CO[C@H]1O[C@H](CO)[C@H]2OC(C)(OC)C(C)(OC)O[C@@H]2[C@H]1OC1O[C@H](COCc2ccccc2)[C@@H](OCc2ccccc2)[C@H](OCc2ccccc2)[C@@H]1OCc1ccccc1. The van der Waals surface area contributed by atoms with Crippen LogP contribution < -0.4 is 0 Å². The van der Waals surface area contributed by atoms with Crippen LogP contribution in [-0.4, -0.2) is 113 Å². The molecule has 0 amide bonds. The van der Waals surface area contributed by atoms with Crippen molar-refractivity contribution in [3.8, 4) is 0 Å². The maximum absolute atomic E-state index is 10.5. The van der Waals surface area contributed by atoms with Crippen LogP contribution in [0.1, 0.15) is 36.1 Å². The zero-order valence-electron chi connectivity index (χ0n) is 34.9. The summed E-state index contributed by atoms with van der Waals surface area (Å²) in [7, 11) is 4.51. The van der Waals surface area contributed by atoms with Gasteiger partial charge in [-0.25, -0.2) is 0 Å². The lowest BCUT2D eigenvalue weighted by Crippen LogP contribution is -2.74. The molecule has 0 aromatic heterocycles. The molecule has 3 aliphatic rings. The number of benzene rings is 4. The highest BCUT2D eigenvalue weighted by atomic mass is 16.8. The molecule has 3 unspecified atom stereocenters. The van der Waals surface area contributed by atoms with Gasteiger partial charge < -0.3 is 61.9 Å². The van der Waals surface area contributed by atoms with E-state index in [1.165, 1.54) is 21.3 Å². The fraction of sp³-hybridized carbons (Fsp3) is 0.489. The summed E-state index contributed by atoms with van der Waals surface area (Å²) in [5, 5.41) is 10.5. The van der Waals surface area contributed by atoms with Gasteiger partial charge in [0, 0.05) is 21.3 Å². The average molecular weight is 831 g/mol. The van der Waals surface area contributed by atoms with Crippen LogP contribution in [0.4, 0.5) is 0 Å². The second kappa shape index (κ2) is 21.0. The van der Waals surface area contributed by atoms with Gasteiger partial charge in [-0.2, -0.15) is 0 Å². The molecule has 0 radical (unpaired) electrons. The average Bonchev–Trinajstić information content (AvgIpc) is 3.29. The van der Waals surface area contributed by atoms with Gasteiger partial charge in [-0.3, -0.25) is 0 Å². The summed E-state index contributed by atoms with van der Waals surface area (Å²) >= 11 is 0. The van der Waals surface area contributed by atoms with Gasteiger partial charge in [0.1, 0.15) is 48.8 Å². The van der Waals surface area contributed by atoms with E-state index < -0.39 is 73.0 Å². The number of methoxy groups -OCH3 is 3. The van der Waals surface area contributed by atoms with Crippen molar-refractivity contribution >= 4 is 0 Å². The Bertz CT molecular complexity index is 1840. The van der Waals surface area contributed by atoms with Gasteiger partial charge in [0.2, 0.25) is 11.6 Å². The Morgan fingerprint density at radius 2 is 0.933 bits per heavy atom. The molecular formula is C47H58O13. The van der Waals surface area contributed by atoms with Crippen LogP contribution in [0.25, 0.3) is 0 Å². The van der Waals surface area contributed by atoms with Crippen LogP contribution in [-0.2, 0) is 83.3 Å². The standard InChI is InChI=1S/C47H58O13/c1-46(50-4)47(2,51-5)60-41-39(59-46)36(26-48)56-44(49-3)43(41)58-45-42(55-30-35-24-16-9-17-25-35)40(54-29-34-22-14-8-15-23-34)38(53-28-33-20-12-7-13-21-33)37(57-45)31-52-27-32-18-10-6-11-19-32/h6-25,36-45,48H,26-31H2,1-5H3/t36-,37-,38-,39-,40+,41+,42+,43-,44+,45?,46?,47?/m1/s1. The van der Waals surface area contributed by atoms with Crippen LogP contribution in [0.3, 0.4) is 0 Å². The summed E-state index contributed by atoms with van der Waals surface area (Å²) in [4.78, 5) is 0. The van der Waals surface area contributed by atoms with E-state index in [0.29, 0.717) is 6.61 Å². The fourth-order valence-corrected chi connectivity index (χ4v) is 7.85. The zero-order valence-corrected chi connectivity index (χ0v) is 34.9. The molecule has 60 heavy (non-hydrogen) atoms. The second-order valence-corrected chi connectivity index (χ2v) is 15.4. The van der Waals surface area contributed by atoms with E-state index >= 15 is 0 Å². The first kappa shape index (κ1) is 44.4. The molecule has 1 N–H and O–H groups in total. The van der Waals surface area contributed by atoms with Gasteiger partial charge in [0.25, 0.3) is 0 Å². The van der Waals surface area contributed by atoms with E-state index in [1.807, 2.05) is 121 Å². The molecule has 13 nitrogen and oxygen atoms in total. The summed E-state index contributed by atoms with van der Waals surface area (Å²) in [6.07, 6.45) is -8.84. The molecule has 0 bridgehead atoms. The molecule has 3 saturated heterocycles. The maximum Gasteiger partial charge on any atom is 0.220 e. The van der Waals surface area contributed by atoms with Crippen LogP contribution in [0.15, 0.2) is 121 Å². The summed E-state index contributed by atoms with van der Waals surface area (Å²) < 4.78 is 78.3. The van der Waals surface area contributed by atoms with Crippen molar-refractivity contribution in [2.75, 3.05) is 34.5 Å². The number of rotatable bonds is 19. The van der Waals surface area contributed by atoms with Crippen molar-refractivity contribution < 1.29 is 61.9 Å². The maximum atomic E-state index is 10.5. The second-order valence-electron chi connectivity index (χ2n) is 15.4. The molecule has 3 aliphatic heterocycles. The monoisotopic (exact) mass is 830 g/mol. The van der Waals surface area contributed by atoms with Crippen LogP contribution in [0.2, 0.25) is 0 Å². The van der Waals surface area contributed by atoms with E-state index in [2.05, 4.69) is 0 Å². The highest BCUT2D eigenvalue weighted by molar-refractivity contribution is 5.17. The van der Waals surface area contributed by atoms with Crippen LogP contribution >= 0.6 is 0 Å². The third-order valence-electron chi connectivity index (χ3n) is 11.5. The molecule has 7 rings (SSSR count). The van der Waals surface area contributed by atoms with Crippen molar-refractivity contribution in [2.45, 2.75) is 113 Å². The zero-order chi connectivity index (χ0) is 42.0. The number of aliphatic hydroxyl groups is 1. The van der Waals surface area contributed by atoms with Gasteiger partial charge in [-0.05, 0) is 36.1 Å². The minimum atomic E-state index is -1.41. The third kappa shape index (κ3) is 10.3. The lowest BCUT2D eigenvalue weighted by Gasteiger charge is -2.57. The molecule has 324 valence electrons. The fourth-order valence-electron chi connectivity index (χ4n) is 7.85. The molecule has 0 spiro atoms. The lowest BCUT2D eigenvalue weighted by atomic mass is 9.93. The Morgan fingerprint density at radius 1 is 0.500 bits per heavy atom. The molecule has 3 fully saturated rings. The summed E-state index contributed by atoms with van der Waals surface area (Å²) in [6.45, 7) is 4.25. The van der Waals surface area contributed by atoms with Crippen LogP contribution in [0, 0.1) is 0 Å². The molecular weight excluding hydrogens is 773 g/mol. The van der Waals surface area contributed by atoms with E-state index in [9.17, 15) is 5.11 Å².